The highest BCUT2D eigenvalue weighted by atomic mass is 16.3. The smallest absolute Gasteiger partial charge is 0.0639 e. The summed E-state index contributed by atoms with van der Waals surface area (Å²) in [6, 6.07) is 0.167. The first-order chi connectivity index (χ1) is 6.41. The van der Waals surface area contributed by atoms with E-state index in [4.69, 9.17) is 5.73 Å². The molecule has 0 saturated heterocycles. The molecule has 0 radical (unpaired) electrons. The number of nitrogens with two attached hydrogens (primary N) is 1. The minimum absolute atomic E-state index is 0.167. The third kappa shape index (κ3) is 8.44. The number of hydrogen-bond acceptors (Lipinski definition) is 4. The molecule has 0 saturated carbocycles. The molecule has 14 heavy (non-hydrogen) atoms. The lowest BCUT2D eigenvalue weighted by atomic mass is 10.2. The van der Waals surface area contributed by atoms with Crippen LogP contribution in [0.4, 0.5) is 0 Å². The molecule has 4 heteroatoms. The summed E-state index contributed by atoms with van der Waals surface area (Å²) in [5, 5.41) is 18.5. The van der Waals surface area contributed by atoms with E-state index in [0.717, 1.165) is 13.0 Å². The third-order valence-electron chi connectivity index (χ3n) is 1.95. The van der Waals surface area contributed by atoms with Gasteiger partial charge in [-0.3, -0.25) is 4.90 Å². The van der Waals surface area contributed by atoms with E-state index in [0.29, 0.717) is 13.1 Å². The Morgan fingerprint density at radius 3 is 1.79 bits per heavy atom. The summed E-state index contributed by atoms with van der Waals surface area (Å²) in [6.07, 6.45) is 0.170. The van der Waals surface area contributed by atoms with Crippen molar-refractivity contribution in [3.05, 3.63) is 0 Å². The molecule has 0 aliphatic rings. The fraction of sp³-hybridized carbons (Fsp3) is 1.00. The molecule has 86 valence electrons. The molecule has 0 amide bonds. The Kier molecular flexibility index (Phi) is 7.09. The molecular formula is C10H24N2O2. The highest BCUT2D eigenvalue weighted by molar-refractivity contribution is 4.66. The summed E-state index contributed by atoms with van der Waals surface area (Å²) < 4.78 is 0. The van der Waals surface area contributed by atoms with Gasteiger partial charge in [0.15, 0.2) is 0 Å². The van der Waals surface area contributed by atoms with Crippen molar-refractivity contribution in [1.29, 1.82) is 0 Å². The first-order valence-electron chi connectivity index (χ1n) is 5.26. The van der Waals surface area contributed by atoms with Crippen molar-refractivity contribution in [2.24, 2.45) is 5.73 Å². The first kappa shape index (κ1) is 13.8. The van der Waals surface area contributed by atoms with Gasteiger partial charge in [0, 0.05) is 19.1 Å². The molecule has 0 bridgehead atoms. The van der Waals surface area contributed by atoms with E-state index in [9.17, 15) is 10.2 Å². The highest BCUT2D eigenvalue weighted by Crippen LogP contribution is 1.99. The zero-order valence-corrected chi connectivity index (χ0v) is 9.48. The number of aliphatic hydroxyl groups is 2. The van der Waals surface area contributed by atoms with Crippen molar-refractivity contribution in [2.75, 3.05) is 19.6 Å². The molecule has 0 aromatic carbocycles. The van der Waals surface area contributed by atoms with Gasteiger partial charge < -0.3 is 15.9 Å². The molecule has 0 aliphatic heterocycles. The maximum atomic E-state index is 9.25. The second-order valence-corrected chi connectivity index (χ2v) is 4.22. The minimum atomic E-state index is -0.359. The molecule has 3 atom stereocenters. The fourth-order valence-corrected chi connectivity index (χ4v) is 1.39. The van der Waals surface area contributed by atoms with E-state index in [1.165, 1.54) is 0 Å². The number of nitrogens with zero attached hydrogens (tertiary/aromatic N) is 1. The lowest BCUT2D eigenvalue weighted by Gasteiger charge is -2.25. The van der Waals surface area contributed by atoms with Gasteiger partial charge in [0.05, 0.1) is 12.2 Å². The predicted molar refractivity (Wildman–Crippen MR) is 58.1 cm³/mol. The fourth-order valence-electron chi connectivity index (χ4n) is 1.39. The van der Waals surface area contributed by atoms with Crippen LogP contribution in [0.15, 0.2) is 0 Å². The maximum absolute atomic E-state index is 9.25. The molecule has 0 heterocycles. The quantitative estimate of drug-likeness (QED) is 0.536. The van der Waals surface area contributed by atoms with Crippen molar-refractivity contribution in [2.45, 2.75) is 45.4 Å². The standard InChI is InChI=1S/C10H24N2O2/c1-8(11)4-5-12(6-9(2)13)7-10(3)14/h8-10,13-14H,4-7,11H2,1-3H3. The van der Waals surface area contributed by atoms with Crippen LogP contribution in [-0.2, 0) is 0 Å². The van der Waals surface area contributed by atoms with Gasteiger partial charge in [-0.05, 0) is 33.7 Å². The van der Waals surface area contributed by atoms with E-state index in [2.05, 4.69) is 0 Å². The minimum Gasteiger partial charge on any atom is -0.392 e. The molecule has 0 fully saturated rings. The molecule has 0 aliphatic carbocycles. The van der Waals surface area contributed by atoms with Crippen LogP contribution in [0.2, 0.25) is 0 Å². The van der Waals surface area contributed by atoms with Crippen LogP contribution in [0.25, 0.3) is 0 Å². The van der Waals surface area contributed by atoms with Crippen molar-refractivity contribution in [1.82, 2.24) is 4.90 Å². The Morgan fingerprint density at radius 1 is 1.07 bits per heavy atom. The van der Waals surface area contributed by atoms with Crippen LogP contribution >= 0.6 is 0 Å². The third-order valence-corrected chi connectivity index (χ3v) is 1.95. The first-order valence-corrected chi connectivity index (χ1v) is 5.26. The molecule has 0 rings (SSSR count). The van der Waals surface area contributed by atoms with Gasteiger partial charge in [0.1, 0.15) is 0 Å². The van der Waals surface area contributed by atoms with Crippen LogP contribution in [0.1, 0.15) is 27.2 Å². The van der Waals surface area contributed by atoms with Crippen molar-refractivity contribution < 1.29 is 10.2 Å². The molecule has 4 N–H and O–H groups in total. The zero-order valence-electron chi connectivity index (χ0n) is 9.48. The largest absolute Gasteiger partial charge is 0.392 e. The van der Waals surface area contributed by atoms with Crippen LogP contribution in [0, 0.1) is 0 Å². The summed E-state index contributed by atoms with van der Waals surface area (Å²) in [7, 11) is 0. The predicted octanol–water partition coefficient (Wildman–Crippen LogP) is -0.213. The van der Waals surface area contributed by atoms with E-state index >= 15 is 0 Å². The average Bonchev–Trinajstić information content (AvgIpc) is 1.97. The lowest BCUT2D eigenvalue weighted by molar-refractivity contribution is 0.0820. The summed E-state index contributed by atoms with van der Waals surface area (Å²) in [4.78, 5) is 2.04. The van der Waals surface area contributed by atoms with Gasteiger partial charge >= 0.3 is 0 Å². The Morgan fingerprint density at radius 2 is 1.50 bits per heavy atom. The van der Waals surface area contributed by atoms with Gasteiger partial charge in [-0.15, -0.1) is 0 Å². The SMILES string of the molecule is CC(N)CCN(CC(C)O)CC(C)O. The second kappa shape index (κ2) is 7.17. The summed E-state index contributed by atoms with van der Waals surface area (Å²) in [5.74, 6) is 0. The van der Waals surface area contributed by atoms with Crippen LogP contribution in [0.3, 0.4) is 0 Å². The van der Waals surface area contributed by atoms with Crippen molar-refractivity contribution in [3.8, 4) is 0 Å². The Labute approximate surface area is 86.7 Å². The van der Waals surface area contributed by atoms with Gasteiger partial charge in [-0.25, -0.2) is 0 Å². The molecule has 0 spiro atoms. The van der Waals surface area contributed by atoms with E-state index in [1.54, 1.807) is 13.8 Å². The summed E-state index contributed by atoms with van der Waals surface area (Å²) in [5.41, 5.74) is 5.65. The number of rotatable bonds is 7. The summed E-state index contributed by atoms with van der Waals surface area (Å²) >= 11 is 0. The Hall–Kier alpha value is -0.160. The summed E-state index contributed by atoms with van der Waals surface area (Å²) in [6.45, 7) is 7.48. The van der Waals surface area contributed by atoms with Gasteiger partial charge in [-0.2, -0.15) is 0 Å². The van der Waals surface area contributed by atoms with Gasteiger partial charge in [-0.1, -0.05) is 0 Å². The van der Waals surface area contributed by atoms with Crippen molar-refractivity contribution >= 4 is 0 Å². The Balaban J connectivity index is 3.84. The number of hydrogen-bond donors (Lipinski definition) is 3. The maximum Gasteiger partial charge on any atom is 0.0639 e. The van der Waals surface area contributed by atoms with E-state index < -0.39 is 0 Å². The van der Waals surface area contributed by atoms with E-state index in [-0.39, 0.29) is 18.2 Å². The molecule has 4 nitrogen and oxygen atoms in total. The Bertz CT molecular complexity index is 128. The lowest BCUT2D eigenvalue weighted by Crippen LogP contribution is -2.38. The molecule has 0 aromatic rings. The van der Waals surface area contributed by atoms with Crippen molar-refractivity contribution in [3.63, 3.8) is 0 Å². The zero-order chi connectivity index (χ0) is 11.1. The van der Waals surface area contributed by atoms with Gasteiger partial charge in [0.25, 0.3) is 0 Å². The molecular weight excluding hydrogens is 180 g/mol. The van der Waals surface area contributed by atoms with Crippen LogP contribution < -0.4 is 5.73 Å². The molecule has 0 aromatic heterocycles. The topological polar surface area (TPSA) is 69.7 Å². The normalized spacial score (nSPS) is 18.2. The number of aliphatic hydroxyl groups excluding tert-OH is 2. The second-order valence-electron chi connectivity index (χ2n) is 4.22. The average molecular weight is 204 g/mol. The van der Waals surface area contributed by atoms with E-state index in [1.807, 2.05) is 11.8 Å². The van der Waals surface area contributed by atoms with Crippen LogP contribution in [-0.4, -0.2) is 53.0 Å². The van der Waals surface area contributed by atoms with Crippen LogP contribution in [0.5, 0.6) is 0 Å². The highest BCUT2D eigenvalue weighted by Gasteiger charge is 2.11. The van der Waals surface area contributed by atoms with Gasteiger partial charge in [0.2, 0.25) is 0 Å². The molecule has 3 unspecified atom stereocenters. The monoisotopic (exact) mass is 204 g/mol.